The molecule has 0 amide bonds. The van der Waals surface area contributed by atoms with Crippen molar-refractivity contribution in [3.63, 3.8) is 0 Å². The summed E-state index contributed by atoms with van der Waals surface area (Å²) >= 11 is 0. The van der Waals surface area contributed by atoms with Gasteiger partial charge in [-0.05, 0) is 6.07 Å². The normalized spacial score (nSPS) is 9.33. The van der Waals surface area contributed by atoms with Crippen LogP contribution in [0.4, 0.5) is 0 Å². The van der Waals surface area contributed by atoms with E-state index in [4.69, 9.17) is 5.11 Å². The van der Waals surface area contributed by atoms with Crippen LogP contribution in [-0.4, -0.2) is 22.3 Å². The Hall–Kier alpha value is -1.91. The van der Waals surface area contributed by atoms with Gasteiger partial charge in [-0.3, -0.25) is 9.59 Å². The van der Waals surface area contributed by atoms with Crippen LogP contribution in [0.15, 0.2) is 16.9 Å². The number of carbonyl (C=O) groups excluding carboxylic acids is 1. The Morgan fingerprint density at radius 2 is 2.17 bits per heavy atom. The molecule has 62 valence electrons. The smallest absolute Gasteiger partial charge is 0.352 e. The van der Waals surface area contributed by atoms with Crippen molar-refractivity contribution < 1.29 is 14.7 Å². The van der Waals surface area contributed by atoms with Gasteiger partial charge in [0.2, 0.25) is 5.56 Å². The van der Waals surface area contributed by atoms with Crippen molar-refractivity contribution in [2.75, 3.05) is 0 Å². The van der Waals surface area contributed by atoms with Gasteiger partial charge in [0.25, 0.3) is 0 Å². The van der Waals surface area contributed by atoms with E-state index in [-0.39, 0.29) is 11.3 Å². The first-order chi connectivity index (χ1) is 5.63. The first kappa shape index (κ1) is 8.19. The van der Waals surface area contributed by atoms with Gasteiger partial charge in [0, 0.05) is 11.6 Å². The van der Waals surface area contributed by atoms with Crippen molar-refractivity contribution in [3.05, 3.63) is 33.7 Å². The van der Waals surface area contributed by atoms with E-state index >= 15 is 0 Å². The summed E-state index contributed by atoms with van der Waals surface area (Å²) in [6, 6.07) is 2.12. The minimum absolute atomic E-state index is 0.0520. The lowest BCUT2D eigenvalue weighted by atomic mass is 10.2. The van der Waals surface area contributed by atoms with Crippen LogP contribution in [0.1, 0.15) is 20.8 Å². The second-order valence-corrected chi connectivity index (χ2v) is 2.11. The summed E-state index contributed by atoms with van der Waals surface area (Å²) in [6.07, 6.45) is 0.418. The zero-order chi connectivity index (χ0) is 9.14. The molecule has 5 heteroatoms. The molecule has 1 heterocycles. The molecule has 1 rings (SSSR count). The van der Waals surface area contributed by atoms with Crippen LogP contribution in [0.2, 0.25) is 0 Å². The molecule has 5 nitrogen and oxygen atoms in total. The van der Waals surface area contributed by atoms with Gasteiger partial charge in [0.1, 0.15) is 12.0 Å². The summed E-state index contributed by atoms with van der Waals surface area (Å²) in [5.74, 6) is -1.27. The molecule has 0 saturated heterocycles. The van der Waals surface area contributed by atoms with Crippen molar-refractivity contribution in [1.29, 1.82) is 0 Å². The highest BCUT2D eigenvalue weighted by molar-refractivity contribution is 5.87. The maximum atomic E-state index is 10.7. The van der Waals surface area contributed by atoms with Crippen molar-refractivity contribution in [2.24, 2.45) is 0 Å². The van der Waals surface area contributed by atoms with Gasteiger partial charge >= 0.3 is 5.97 Å². The molecule has 0 atom stereocenters. The maximum absolute atomic E-state index is 10.7. The number of aromatic carboxylic acids is 1. The third-order valence-electron chi connectivity index (χ3n) is 1.23. The Bertz CT molecular complexity index is 379. The van der Waals surface area contributed by atoms with E-state index < -0.39 is 11.5 Å². The second kappa shape index (κ2) is 3.00. The molecule has 0 saturated carbocycles. The van der Waals surface area contributed by atoms with Gasteiger partial charge in [-0.2, -0.15) is 0 Å². The molecule has 0 aliphatic heterocycles. The van der Waals surface area contributed by atoms with Gasteiger partial charge in [-0.15, -0.1) is 0 Å². The van der Waals surface area contributed by atoms with Crippen LogP contribution in [0.25, 0.3) is 0 Å². The largest absolute Gasteiger partial charge is 0.477 e. The van der Waals surface area contributed by atoms with Crippen molar-refractivity contribution in [3.8, 4) is 0 Å². The summed E-state index contributed by atoms with van der Waals surface area (Å²) < 4.78 is 0. The molecule has 0 aliphatic carbocycles. The SMILES string of the molecule is O=Cc1cc(C(=O)O)[nH]c(=O)c1. The Morgan fingerprint density at radius 3 is 2.67 bits per heavy atom. The fourth-order valence-electron chi connectivity index (χ4n) is 0.748. The number of aldehydes is 1. The predicted molar refractivity (Wildman–Crippen MR) is 39.4 cm³/mol. The molecule has 2 N–H and O–H groups in total. The molecule has 1 aromatic heterocycles. The highest BCUT2D eigenvalue weighted by Crippen LogP contribution is 1.94. The molecule has 0 aromatic carbocycles. The van der Waals surface area contributed by atoms with E-state index in [1.54, 1.807) is 0 Å². The number of H-pyrrole nitrogens is 1. The van der Waals surface area contributed by atoms with Crippen molar-refractivity contribution in [1.82, 2.24) is 4.98 Å². The number of nitrogens with one attached hydrogen (secondary N) is 1. The standard InChI is InChI=1S/C7H5NO4/c9-3-4-1-5(7(11)12)8-6(10)2-4/h1-3H,(H,8,10)(H,11,12). The number of aromatic amines is 1. The minimum Gasteiger partial charge on any atom is -0.477 e. The average Bonchev–Trinajstić information content (AvgIpc) is 2.03. The number of carbonyl (C=O) groups is 2. The number of carboxylic acids is 1. The lowest BCUT2D eigenvalue weighted by Gasteiger charge is -1.93. The summed E-state index contributed by atoms with van der Waals surface area (Å²) in [4.78, 5) is 33.3. The molecular formula is C7H5NO4. The molecule has 0 bridgehead atoms. The molecule has 0 unspecified atom stereocenters. The Kier molecular flexibility index (Phi) is 2.05. The minimum atomic E-state index is -1.27. The van der Waals surface area contributed by atoms with Crippen molar-refractivity contribution >= 4 is 12.3 Å². The quantitative estimate of drug-likeness (QED) is 0.601. The Labute approximate surface area is 66.7 Å². The van der Waals surface area contributed by atoms with E-state index in [1.165, 1.54) is 0 Å². The van der Waals surface area contributed by atoms with Gasteiger partial charge in [-0.1, -0.05) is 0 Å². The fraction of sp³-hybridized carbons (Fsp3) is 0. The van der Waals surface area contributed by atoms with Gasteiger partial charge < -0.3 is 10.1 Å². The molecular weight excluding hydrogens is 162 g/mol. The molecule has 0 spiro atoms. The highest BCUT2D eigenvalue weighted by Gasteiger charge is 2.04. The molecule has 0 fully saturated rings. The van der Waals surface area contributed by atoms with Crippen LogP contribution in [0, 0.1) is 0 Å². The van der Waals surface area contributed by atoms with Crippen LogP contribution in [-0.2, 0) is 0 Å². The van der Waals surface area contributed by atoms with E-state index in [9.17, 15) is 14.4 Å². The average molecular weight is 167 g/mol. The van der Waals surface area contributed by atoms with Crippen LogP contribution in [0.5, 0.6) is 0 Å². The Balaban J connectivity index is 3.33. The van der Waals surface area contributed by atoms with E-state index in [1.807, 2.05) is 0 Å². The molecule has 0 aliphatic rings. The van der Waals surface area contributed by atoms with Gasteiger partial charge in [-0.25, -0.2) is 4.79 Å². The van der Waals surface area contributed by atoms with E-state index in [2.05, 4.69) is 4.98 Å². The highest BCUT2D eigenvalue weighted by atomic mass is 16.4. The number of hydrogen-bond acceptors (Lipinski definition) is 3. The summed E-state index contributed by atoms with van der Waals surface area (Å²) in [7, 11) is 0. The molecule has 0 radical (unpaired) electrons. The summed E-state index contributed by atoms with van der Waals surface area (Å²) in [5, 5.41) is 8.44. The van der Waals surface area contributed by atoms with Crippen LogP contribution in [0.3, 0.4) is 0 Å². The first-order valence-corrected chi connectivity index (χ1v) is 3.06. The first-order valence-electron chi connectivity index (χ1n) is 3.06. The van der Waals surface area contributed by atoms with E-state index in [0.717, 1.165) is 12.1 Å². The predicted octanol–water partition coefficient (Wildman–Crippen LogP) is -0.114. The topological polar surface area (TPSA) is 87.2 Å². The van der Waals surface area contributed by atoms with E-state index in [0.29, 0.717) is 6.29 Å². The maximum Gasteiger partial charge on any atom is 0.352 e. The number of pyridine rings is 1. The second-order valence-electron chi connectivity index (χ2n) is 2.11. The molecule has 1 aromatic rings. The number of hydrogen-bond donors (Lipinski definition) is 2. The van der Waals surface area contributed by atoms with Gasteiger partial charge in [0.05, 0.1) is 0 Å². The summed E-state index contributed by atoms with van der Waals surface area (Å²) in [5.41, 5.74) is -0.835. The fourth-order valence-corrected chi connectivity index (χ4v) is 0.748. The third kappa shape index (κ3) is 1.57. The monoisotopic (exact) mass is 167 g/mol. The number of aromatic nitrogens is 1. The lowest BCUT2D eigenvalue weighted by molar-refractivity contribution is 0.0690. The van der Waals surface area contributed by atoms with Crippen molar-refractivity contribution in [2.45, 2.75) is 0 Å². The number of carboxylic acid groups (broad SMARTS) is 1. The van der Waals surface area contributed by atoms with Gasteiger partial charge in [0.15, 0.2) is 0 Å². The summed E-state index contributed by atoms with van der Waals surface area (Å²) in [6.45, 7) is 0. The Morgan fingerprint density at radius 1 is 1.50 bits per heavy atom. The molecule has 12 heavy (non-hydrogen) atoms. The zero-order valence-corrected chi connectivity index (χ0v) is 5.90. The number of rotatable bonds is 2. The van der Waals surface area contributed by atoms with Crippen LogP contribution < -0.4 is 5.56 Å². The zero-order valence-electron chi connectivity index (χ0n) is 5.90. The lowest BCUT2D eigenvalue weighted by Crippen LogP contribution is -2.12. The van der Waals surface area contributed by atoms with Crippen LogP contribution >= 0.6 is 0 Å². The third-order valence-corrected chi connectivity index (χ3v) is 1.23.